The molecule has 0 aliphatic heterocycles. The normalized spacial score (nSPS) is 12.0. The Kier molecular flexibility index (Phi) is 7.35. The summed E-state index contributed by atoms with van der Waals surface area (Å²) in [6.45, 7) is 4.61. The number of amides is 3. The Labute approximate surface area is 212 Å². The first-order valence-electron chi connectivity index (χ1n) is 11.6. The van der Waals surface area contributed by atoms with Gasteiger partial charge in [-0.05, 0) is 42.1 Å². The summed E-state index contributed by atoms with van der Waals surface area (Å²) in [4.78, 5) is 44.2. The SMILES string of the molecule is CC(C)CCNC(=O)[C@H](c1c[nH]c2ccccc12)N(C(=O)c1snc(C(N)=O)c1N)c1ccccc1. The Balaban J connectivity index is 1.87. The van der Waals surface area contributed by atoms with Crippen LogP contribution < -0.4 is 21.7 Å². The maximum atomic E-state index is 14.0. The molecule has 4 aromatic rings. The first-order chi connectivity index (χ1) is 17.3. The summed E-state index contributed by atoms with van der Waals surface area (Å²) in [5.74, 6) is -1.32. The zero-order chi connectivity index (χ0) is 25.8. The van der Waals surface area contributed by atoms with Crippen LogP contribution >= 0.6 is 11.5 Å². The van der Waals surface area contributed by atoms with Gasteiger partial charge in [-0.25, -0.2) is 0 Å². The topological polar surface area (TPSA) is 147 Å². The first kappa shape index (κ1) is 24.9. The lowest BCUT2D eigenvalue weighted by atomic mass is 10.0. The molecule has 186 valence electrons. The number of nitrogens with zero attached hydrogens (tertiary/aromatic N) is 2. The molecule has 0 saturated carbocycles. The van der Waals surface area contributed by atoms with E-state index in [4.69, 9.17) is 11.5 Å². The Morgan fingerprint density at radius 3 is 2.44 bits per heavy atom. The van der Waals surface area contributed by atoms with Crippen molar-refractivity contribution in [2.75, 3.05) is 17.2 Å². The maximum absolute atomic E-state index is 14.0. The molecule has 1 atom stereocenters. The lowest BCUT2D eigenvalue weighted by molar-refractivity contribution is -0.122. The van der Waals surface area contributed by atoms with E-state index in [0.717, 1.165) is 28.9 Å². The van der Waals surface area contributed by atoms with Crippen LogP contribution in [0.15, 0.2) is 60.8 Å². The first-order valence-corrected chi connectivity index (χ1v) is 12.3. The van der Waals surface area contributed by atoms with Crippen molar-refractivity contribution in [3.63, 3.8) is 0 Å². The average Bonchev–Trinajstić information content (AvgIpc) is 3.46. The Morgan fingerprint density at radius 1 is 1.08 bits per heavy atom. The van der Waals surface area contributed by atoms with Crippen LogP contribution in [0.25, 0.3) is 10.9 Å². The maximum Gasteiger partial charge on any atom is 0.273 e. The molecular formula is C26H28N6O3S. The minimum Gasteiger partial charge on any atom is -0.395 e. The molecule has 0 aliphatic carbocycles. The van der Waals surface area contributed by atoms with E-state index in [1.54, 1.807) is 30.5 Å². The van der Waals surface area contributed by atoms with Gasteiger partial charge in [0.2, 0.25) is 5.91 Å². The summed E-state index contributed by atoms with van der Waals surface area (Å²) in [5, 5.41) is 3.81. The highest BCUT2D eigenvalue weighted by Crippen LogP contribution is 2.35. The average molecular weight is 505 g/mol. The second-order valence-electron chi connectivity index (χ2n) is 8.81. The van der Waals surface area contributed by atoms with Gasteiger partial charge in [0.05, 0.1) is 5.69 Å². The highest BCUT2D eigenvalue weighted by molar-refractivity contribution is 7.09. The van der Waals surface area contributed by atoms with Crippen molar-refractivity contribution < 1.29 is 14.4 Å². The van der Waals surface area contributed by atoms with E-state index in [2.05, 4.69) is 28.5 Å². The number of nitrogens with two attached hydrogens (primary N) is 2. The molecule has 0 bridgehead atoms. The molecule has 10 heteroatoms. The molecule has 2 aromatic heterocycles. The number of hydrogen-bond acceptors (Lipinski definition) is 6. The number of nitrogen functional groups attached to an aromatic ring is 1. The van der Waals surface area contributed by atoms with Gasteiger partial charge < -0.3 is 21.8 Å². The highest BCUT2D eigenvalue weighted by atomic mass is 32.1. The van der Waals surface area contributed by atoms with E-state index in [1.807, 2.05) is 30.3 Å². The van der Waals surface area contributed by atoms with Gasteiger partial charge in [0.15, 0.2) is 5.69 Å². The van der Waals surface area contributed by atoms with E-state index < -0.39 is 17.9 Å². The van der Waals surface area contributed by atoms with E-state index in [1.165, 1.54) is 4.90 Å². The number of primary amides is 1. The molecule has 0 fully saturated rings. The molecule has 0 saturated heterocycles. The zero-order valence-corrected chi connectivity index (χ0v) is 20.8. The predicted octanol–water partition coefficient (Wildman–Crippen LogP) is 3.86. The zero-order valence-electron chi connectivity index (χ0n) is 20.0. The van der Waals surface area contributed by atoms with Crippen LogP contribution in [0, 0.1) is 5.92 Å². The van der Waals surface area contributed by atoms with Gasteiger partial charge in [-0.15, -0.1) is 0 Å². The standard InChI is InChI=1S/C26H28N6O3S/c1-15(2)12-13-29-25(34)22(18-14-30-19-11-7-6-10-17(18)19)32(16-8-4-3-5-9-16)26(35)23-20(27)21(24(28)33)31-36-23/h3-11,14-15,22,30H,12-13,27H2,1-2H3,(H2,28,33)(H,29,34)/t22-/m0/s1. The summed E-state index contributed by atoms with van der Waals surface area (Å²) in [5.41, 5.74) is 13.2. The molecule has 0 spiro atoms. The van der Waals surface area contributed by atoms with Crippen LogP contribution in [0.4, 0.5) is 11.4 Å². The van der Waals surface area contributed by atoms with Crippen LogP contribution in [0.3, 0.4) is 0 Å². The number of fused-ring (bicyclic) bond motifs is 1. The molecule has 0 radical (unpaired) electrons. The number of para-hydroxylation sites is 2. The number of carbonyl (C=O) groups excluding carboxylic acids is 3. The second-order valence-corrected chi connectivity index (χ2v) is 9.59. The van der Waals surface area contributed by atoms with Gasteiger partial charge in [0.25, 0.3) is 11.8 Å². The summed E-state index contributed by atoms with van der Waals surface area (Å²) >= 11 is 0.781. The fraction of sp³-hybridized carbons (Fsp3) is 0.231. The minimum absolute atomic E-state index is 0.0347. The van der Waals surface area contributed by atoms with E-state index in [0.29, 0.717) is 23.7 Å². The van der Waals surface area contributed by atoms with Gasteiger partial charge >= 0.3 is 0 Å². The Morgan fingerprint density at radius 2 is 1.78 bits per heavy atom. The van der Waals surface area contributed by atoms with Crippen LogP contribution in [-0.2, 0) is 4.79 Å². The van der Waals surface area contributed by atoms with Crippen molar-refractivity contribution in [1.29, 1.82) is 0 Å². The van der Waals surface area contributed by atoms with Crippen molar-refractivity contribution in [2.45, 2.75) is 26.3 Å². The van der Waals surface area contributed by atoms with Crippen molar-refractivity contribution >= 4 is 51.5 Å². The van der Waals surface area contributed by atoms with Gasteiger partial charge in [-0.3, -0.25) is 19.3 Å². The van der Waals surface area contributed by atoms with E-state index in [-0.39, 0.29) is 22.2 Å². The second kappa shape index (κ2) is 10.6. The van der Waals surface area contributed by atoms with Crippen molar-refractivity contribution in [3.05, 3.63) is 76.9 Å². The van der Waals surface area contributed by atoms with Gasteiger partial charge in [0.1, 0.15) is 10.9 Å². The summed E-state index contributed by atoms with van der Waals surface area (Å²) in [6, 6.07) is 15.4. The van der Waals surface area contributed by atoms with Crippen LogP contribution in [0.2, 0.25) is 0 Å². The number of carbonyl (C=O) groups is 3. The van der Waals surface area contributed by atoms with Crippen molar-refractivity contribution in [1.82, 2.24) is 14.7 Å². The molecule has 0 aliphatic rings. The molecular weight excluding hydrogens is 476 g/mol. The number of anilines is 2. The Bertz CT molecular complexity index is 1400. The smallest absolute Gasteiger partial charge is 0.273 e. The monoisotopic (exact) mass is 504 g/mol. The fourth-order valence-corrected chi connectivity index (χ4v) is 4.75. The highest BCUT2D eigenvalue weighted by Gasteiger charge is 2.37. The molecule has 2 aromatic carbocycles. The number of hydrogen-bond donors (Lipinski definition) is 4. The number of aromatic amines is 1. The molecule has 36 heavy (non-hydrogen) atoms. The predicted molar refractivity (Wildman–Crippen MR) is 142 cm³/mol. The van der Waals surface area contributed by atoms with Crippen molar-refractivity contribution in [2.24, 2.45) is 11.7 Å². The molecule has 4 rings (SSSR count). The minimum atomic E-state index is -1.03. The Hall–Kier alpha value is -4.18. The summed E-state index contributed by atoms with van der Waals surface area (Å²) in [7, 11) is 0. The number of H-pyrrole nitrogens is 1. The van der Waals surface area contributed by atoms with Gasteiger partial charge in [-0.2, -0.15) is 4.37 Å². The number of nitrogens with one attached hydrogen (secondary N) is 2. The number of aromatic nitrogens is 2. The third kappa shape index (κ3) is 4.94. The lowest BCUT2D eigenvalue weighted by Gasteiger charge is -2.31. The molecule has 3 amide bonds. The summed E-state index contributed by atoms with van der Waals surface area (Å²) in [6.07, 6.45) is 2.53. The molecule has 2 heterocycles. The third-order valence-corrected chi connectivity index (χ3v) is 6.70. The van der Waals surface area contributed by atoms with Crippen LogP contribution in [-0.4, -0.2) is 33.6 Å². The van der Waals surface area contributed by atoms with E-state index in [9.17, 15) is 14.4 Å². The van der Waals surface area contributed by atoms with Gasteiger partial charge in [-0.1, -0.05) is 50.2 Å². The van der Waals surface area contributed by atoms with Gasteiger partial charge in [0, 0.05) is 34.9 Å². The quantitative estimate of drug-likeness (QED) is 0.273. The van der Waals surface area contributed by atoms with E-state index >= 15 is 0 Å². The molecule has 6 N–H and O–H groups in total. The summed E-state index contributed by atoms with van der Waals surface area (Å²) < 4.78 is 3.99. The van der Waals surface area contributed by atoms with Crippen LogP contribution in [0.1, 0.15) is 52.0 Å². The molecule has 0 unspecified atom stereocenters. The number of benzene rings is 2. The van der Waals surface area contributed by atoms with Crippen molar-refractivity contribution in [3.8, 4) is 0 Å². The lowest BCUT2D eigenvalue weighted by Crippen LogP contribution is -2.44. The fourth-order valence-electron chi connectivity index (χ4n) is 4.01. The largest absolute Gasteiger partial charge is 0.395 e. The third-order valence-electron chi connectivity index (χ3n) is 5.85. The molecule has 9 nitrogen and oxygen atoms in total. The van der Waals surface area contributed by atoms with Crippen LogP contribution in [0.5, 0.6) is 0 Å². The number of rotatable bonds is 9.